The first kappa shape index (κ1) is 27.2. The zero-order chi connectivity index (χ0) is 28.2. The second kappa shape index (κ2) is 11.8. The number of aromatic nitrogens is 1. The number of amides is 1. The number of carbonyl (C=O) groups excluding carboxylic acids is 2. The number of hydrazone groups is 1. The molecule has 40 heavy (non-hydrogen) atoms. The van der Waals surface area contributed by atoms with Crippen LogP contribution in [0.3, 0.4) is 0 Å². The third kappa shape index (κ3) is 5.63. The number of benzene rings is 4. The number of nitriles is 1. The lowest BCUT2D eigenvalue weighted by molar-refractivity contribution is 0.0734. The van der Waals surface area contributed by atoms with Crippen molar-refractivity contribution in [3.8, 4) is 22.9 Å². The Kier molecular flexibility index (Phi) is 7.99. The van der Waals surface area contributed by atoms with Gasteiger partial charge in [0.2, 0.25) is 0 Å². The first-order chi connectivity index (χ1) is 19.4. The van der Waals surface area contributed by atoms with Gasteiger partial charge in [0.1, 0.15) is 17.5 Å². The lowest BCUT2D eigenvalue weighted by Gasteiger charge is -2.09. The molecule has 1 aromatic heterocycles. The molecule has 0 aliphatic heterocycles. The number of halogens is 3. The van der Waals surface area contributed by atoms with Gasteiger partial charge in [-0.3, -0.25) is 4.79 Å². The molecule has 10 heteroatoms. The fourth-order valence-electron chi connectivity index (χ4n) is 4.12. The lowest BCUT2D eigenvalue weighted by Crippen LogP contribution is -2.19. The average Bonchev–Trinajstić information content (AvgIpc) is 3.35. The lowest BCUT2D eigenvalue weighted by atomic mass is 10.0. The van der Waals surface area contributed by atoms with Crippen molar-refractivity contribution in [3.05, 3.63) is 122 Å². The van der Waals surface area contributed by atoms with E-state index >= 15 is 0 Å². The molecule has 0 aliphatic rings. The molecule has 2 N–H and O–H groups in total. The van der Waals surface area contributed by atoms with Gasteiger partial charge < -0.3 is 9.72 Å². The minimum absolute atomic E-state index is 0.147. The van der Waals surface area contributed by atoms with Crippen LogP contribution in [0, 0.1) is 11.3 Å². The van der Waals surface area contributed by atoms with E-state index in [1.807, 2.05) is 36.4 Å². The highest BCUT2D eigenvalue weighted by molar-refractivity contribution is 9.10. The topological polar surface area (TPSA) is 107 Å². The minimum atomic E-state index is -0.679. The molecule has 1 amide bonds. The summed E-state index contributed by atoms with van der Waals surface area (Å²) in [5.74, 6) is -0.996. The van der Waals surface area contributed by atoms with Crippen LogP contribution < -0.4 is 10.2 Å². The maximum Gasteiger partial charge on any atom is 0.345 e. The van der Waals surface area contributed by atoms with E-state index in [1.165, 1.54) is 24.4 Å². The summed E-state index contributed by atoms with van der Waals surface area (Å²) < 4.78 is 6.27. The summed E-state index contributed by atoms with van der Waals surface area (Å²) in [6, 6.07) is 26.3. The minimum Gasteiger partial charge on any atom is -0.422 e. The molecule has 0 saturated carbocycles. The van der Waals surface area contributed by atoms with Crippen molar-refractivity contribution in [3.63, 3.8) is 0 Å². The van der Waals surface area contributed by atoms with E-state index in [-0.39, 0.29) is 22.0 Å². The van der Waals surface area contributed by atoms with Gasteiger partial charge in [-0.25, -0.2) is 10.2 Å². The number of fused-ring (bicyclic) bond motifs is 1. The van der Waals surface area contributed by atoms with Gasteiger partial charge in [0.25, 0.3) is 5.91 Å². The van der Waals surface area contributed by atoms with Crippen LogP contribution in [0.1, 0.15) is 32.0 Å². The predicted molar refractivity (Wildman–Crippen MR) is 159 cm³/mol. The first-order valence-electron chi connectivity index (χ1n) is 11.8. The monoisotopic (exact) mass is 630 g/mol. The Morgan fingerprint density at radius 1 is 1.00 bits per heavy atom. The third-order valence-electron chi connectivity index (χ3n) is 5.94. The second-order valence-corrected chi connectivity index (χ2v) is 10.2. The molecule has 0 spiro atoms. The Morgan fingerprint density at radius 3 is 2.55 bits per heavy atom. The van der Waals surface area contributed by atoms with E-state index < -0.39 is 11.9 Å². The molecule has 5 aromatic rings. The molecule has 0 aliphatic carbocycles. The standard InChI is InChI=1S/C30H17BrCl2N4O3/c31-20-9-12-25(40-30(39)22-11-10-21(32)14-24(22)33)19(13-20)16-35-37-29(38)28-26(17-5-2-1-3-6-17)23-8-4-7-18(15-34)27(23)36-28/h1-14,16,36H,(H,37,38). The number of esters is 1. The number of hydrogen-bond acceptors (Lipinski definition) is 5. The van der Waals surface area contributed by atoms with Crippen LogP contribution in [0.4, 0.5) is 0 Å². The smallest absolute Gasteiger partial charge is 0.345 e. The molecule has 0 saturated heterocycles. The summed E-state index contributed by atoms with van der Waals surface area (Å²) in [6.45, 7) is 0. The number of ether oxygens (including phenoxy) is 1. The van der Waals surface area contributed by atoms with Gasteiger partial charge in [-0.2, -0.15) is 10.4 Å². The van der Waals surface area contributed by atoms with Gasteiger partial charge in [0.05, 0.1) is 27.9 Å². The van der Waals surface area contributed by atoms with Crippen LogP contribution in [0.5, 0.6) is 5.75 Å². The van der Waals surface area contributed by atoms with E-state index in [0.29, 0.717) is 31.7 Å². The number of nitrogens with zero attached hydrogens (tertiary/aromatic N) is 2. The highest BCUT2D eigenvalue weighted by Crippen LogP contribution is 2.34. The molecule has 5 rings (SSSR count). The van der Waals surface area contributed by atoms with E-state index in [9.17, 15) is 14.9 Å². The Balaban J connectivity index is 1.43. The second-order valence-electron chi connectivity index (χ2n) is 8.48. The number of hydrogen-bond donors (Lipinski definition) is 2. The van der Waals surface area contributed by atoms with Crippen molar-refractivity contribution in [1.82, 2.24) is 10.4 Å². The molecular formula is C30H17BrCl2N4O3. The maximum absolute atomic E-state index is 13.3. The number of rotatable bonds is 6. The highest BCUT2D eigenvalue weighted by atomic mass is 79.9. The van der Waals surface area contributed by atoms with Gasteiger partial charge in [-0.05, 0) is 48.0 Å². The van der Waals surface area contributed by atoms with Gasteiger partial charge in [-0.15, -0.1) is 0 Å². The molecule has 0 fully saturated rings. The fraction of sp³-hybridized carbons (Fsp3) is 0. The molecule has 0 bridgehead atoms. The van der Waals surface area contributed by atoms with Crippen LogP contribution >= 0.6 is 39.1 Å². The quantitative estimate of drug-likeness (QED) is 0.0864. The van der Waals surface area contributed by atoms with Crippen LogP contribution in [0.25, 0.3) is 22.0 Å². The van der Waals surface area contributed by atoms with Crippen molar-refractivity contribution in [2.24, 2.45) is 5.10 Å². The number of para-hydroxylation sites is 1. The zero-order valence-electron chi connectivity index (χ0n) is 20.4. The highest BCUT2D eigenvalue weighted by Gasteiger charge is 2.21. The van der Waals surface area contributed by atoms with Crippen molar-refractivity contribution < 1.29 is 14.3 Å². The average molecular weight is 632 g/mol. The number of aromatic amines is 1. The largest absolute Gasteiger partial charge is 0.422 e. The third-order valence-corrected chi connectivity index (χ3v) is 6.98. The van der Waals surface area contributed by atoms with Gasteiger partial charge in [0.15, 0.2) is 0 Å². The van der Waals surface area contributed by atoms with Crippen LogP contribution in [0.15, 0.2) is 94.5 Å². The van der Waals surface area contributed by atoms with E-state index in [4.69, 9.17) is 27.9 Å². The molecule has 0 radical (unpaired) electrons. The normalized spacial score (nSPS) is 10.9. The summed E-state index contributed by atoms with van der Waals surface area (Å²) >= 11 is 15.5. The van der Waals surface area contributed by atoms with Crippen molar-refractivity contribution >= 4 is 68.1 Å². The number of carbonyl (C=O) groups is 2. The molecule has 196 valence electrons. The van der Waals surface area contributed by atoms with E-state index in [0.717, 1.165) is 10.9 Å². The summed E-state index contributed by atoms with van der Waals surface area (Å²) in [5, 5.41) is 15.0. The van der Waals surface area contributed by atoms with Gasteiger partial charge >= 0.3 is 5.97 Å². The first-order valence-corrected chi connectivity index (χ1v) is 13.3. The van der Waals surface area contributed by atoms with Crippen LogP contribution in [0.2, 0.25) is 10.0 Å². The maximum atomic E-state index is 13.3. The predicted octanol–water partition coefficient (Wildman–Crippen LogP) is 7.76. The van der Waals surface area contributed by atoms with Gasteiger partial charge in [-0.1, -0.05) is 81.6 Å². The van der Waals surface area contributed by atoms with E-state index in [1.54, 1.807) is 30.3 Å². The Labute approximate surface area is 247 Å². The summed E-state index contributed by atoms with van der Waals surface area (Å²) in [7, 11) is 0. The molecule has 1 heterocycles. The van der Waals surface area contributed by atoms with Crippen LogP contribution in [-0.4, -0.2) is 23.1 Å². The Bertz CT molecular complexity index is 1850. The molecule has 0 atom stereocenters. The summed E-state index contributed by atoms with van der Waals surface area (Å²) in [6.07, 6.45) is 1.36. The fourth-order valence-corrected chi connectivity index (χ4v) is 4.99. The van der Waals surface area contributed by atoms with Gasteiger partial charge in [0, 0.05) is 26.0 Å². The molecule has 7 nitrogen and oxygen atoms in total. The molecule has 0 unspecified atom stereocenters. The number of H-pyrrole nitrogens is 1. The Hall–Kier alpha value is -4.42. The van der Waals surface area contributed by atoms with Crippen LogP contribution in [-0.2, 0) is 0 Å². The molecular weight excluding hydrogens is 615 g/mol. The molecule has 4 aromatic carbocycles. The Morgan fingerprint density at radius 2 is 1.80 bits per heavy atom. The van der Waals surface area contributed by atoms with E-state index in [2.05, 4.69) is 37.5 Å². The van der Waals surface area contributed by atoms with Crippen molar-refractivity contribution in [1.29, 1.82) is 5.26 Å². The number of nitrogens with one attached hydrogen (secondary N) is 2. The zero-order valence-corrected chi connectivity index (χ0v) is 23.5. The summed E-state index contributed by atoms with van der Waals surface area (Å²) in [5.41, 5.74) is 5.77. The summed E-state index contributed by atoms with van der Waals surface area (Å²) in [4.78, 5) is 29.2. The SMILES string of the molecule is N#Cc1cccc2c(-c3ccccc3)c(C(=O)NN=Cc3cc(Br)ccc3OC(=O)c3ccc(Cl)cc3Cl)[nH]c12. The van der Waals surface area contributed by atoms with Crippen molar-refractivity contribution in [2.45, 2.75) is 0 Å². The van der Waals surface area contributed by atoms with Crippen molar-refractivity contribution in [2.75, 3.05) is 0 Å².